The van der Waals surface area contributed by atoms with Crippen LogP contribution in [0.25, 0.3) is 11.4 Å². The van der Waals surface area contributed by atoms with E-state index in [0.717, 1.165) is 24.9 Å². The standard InChI is InChI=1S/C21H22FN5O2/c1-13(28)15-3-5-16(6-4-15)25-21-24-11-18(22)20(26-21)19-12-23-14(2)27(19)17-7-9-29-10-8-17/h3-6,11-12,17H,7-10H2,1-2H3,(H,24,25,26). The van der Waals surface area contributed by atoms with Crippen LogP contribution in [0.15, 0.2) is 36.7 Å². The predicted octanol–water partition coefficient (Wildman–Crippen LogP) is 4.09. The minimum atomic E-state index is -0.504. The van der Waals surface area contributed by atoms with E-state index in [4.69, 9.17) is 4.74 Å². The zero-order valence-electron chi connectivity index (χ0n) is 16.4. The van der Waals surface area contributed by atoms with E-state index in [1.165, 1.54) is 6.92 Å². The number of hydrogen-bond donors (Lipinski definition) is 1. The van der Waals surface area contributed by atoms with Gasteiger partial charge in [-0.15, -0.1) is 0 Å². The Labute approximate surface area is 168 Å². The van der Waals surface area contributed by atoms with Crippen LogP contribution in [-0.4, -0.2) is 38.5 Å². The number of ketones is 1. The molecule has 8 heteroatoms. The smallest absolute Gasteiger partial charge is 0.227 e. The summed E-state index contributed by atoms with van der Waals surface area (Å²) in [7, 11) is 0. The number of rotatable bonds is 5. The number of anilines is 2. The number of hydrogen-bond acceptors (Lipinski definition) is 6. The van der Waals surface area contributed by atoms with E-state index in [1.807, 2.05) is 11.5 Å². The van der Waals surface area contributed by atoms with Crippen LogP contribution < -0.4 is 5.32 Å². The van der Waals surface area contributed by atoms with Crippen molar-refractivity contribution in [3.63, 3.8) is 0 Å². The third-order valence-electron chi connectivity index (χ3n) is 5.07. The van der Waals surface area contributed by atoms with Crippen LogP contribution in [0.4, 0.5) is 16.0 Å². The molecule has 1 aromatic carbocycles. The number of carbonyl (C=O) groups is 1. The van der Waals surface area contributed by atoms with Crippen LogP contribution in [0.1, 0.15) is 42.0 Å². The Morgan fingerprint density at radius 3 is 2.59 bits per heavy atom. The van der Waals surface area contributed by atoms with Crippen molar-refractivity contribution in [2.24, 2.45) is 0 Å². The van der Waals surface area contributed by atoms with Crippen LogP contribution in [0.5, 0.6) is 0 Å². The molecule has 150 valence electrons. The van der Waals surface area contributed by atoms with Crippen LogP contribution in [-0.2, 0) is 4.74 Å². The van der Waals surface area contributed by atoms with Crippen molar-refractivity contribution in [3.05, 3.63) is 53.9 Å². The van der Waals surface area contributed by atoms with Gasteiger partial charge in [-0.2, -0.15) is 0 Å². The van der Waals surface area contributed by atoms with Crippen molar-refractivity contribution in [2.45, 2.75) is 32.7 Å². The summed E-state index contributed by atoms with van der Waals surface area (Å²) < 4.78 is 22.1. The summed E-state index contributed by atoms with van der Waals surface area (Å²) in [6, 6.07) is 7.17. The van der Waals surface area contributed by atoms with Crippen LogP contribution >= 0.6 is 0 Å². The molecule has 7 nitrogen and oxygen atoms in total. The van der Waals surface area contributed by atoms with Crippen molar-refractivity contribution in [3.8, 4) is 11.4 Å². The number of imidazole rings is 1. The maximum absolute atomic E-state index is 14.6. The lowest BCUT2D eigenvalue weighted by Gasteiger charge is -2.26. The van der Waals surface area contributed by atoms with E-state index >= 15 is 0 Å². The fourth-order valence-corrected chi connectivity index (χ4v) is 3.56. The number of Topliss-reactive ketones (excluding diaryl/α,β-unsaturated/α-hetero) is 1. The lowest BCUT2D eigenvalue weighted by molar-refractivity contribution is 0.0694. The van der Waals surface area contributed by atoms with Gasteiger partial charge in [0, 0.05) is 30.5 Å². The molecule has 2 aromatic heterocycles. The first-order valence-corrected chi connectivity index (χ1v) is 9.55. The van der Waals surface area contributed by atoms with Crippen molar-refractivity contribution in [1.29, 1.82) is 0 Å². The first kappa shape index (κ1) is 19.2. The van der Waals surface area contributed by atoms with E-state index in [1.54, 1.807) is 30.5 Å². The Hall–Kier alpha value is -3.13. The van der Waals surface area contributed by atoms with Gasteiger partial charge in [0.2, 0.25) is 5.95 Å². The molecule has 0 atom stereocenters. The molecule has 1 saturated heterocycles. The minimum Gasteiger partial charge on any atom is -0.381 e. The minimum absolute atomic E-state index is 0.00591. The molecule has 0 amide bonds. The van der Waals surface area contributed by atoms with Gasteiger partial charge < -0.3 is 14.6 Å². The quantitative estimate of drug-likeness (QED) is 0.656. The Balaban J connectivity index is 1.65. The van der Waals surface area contributed by atoms with Gasteiger partial charge in [-0.1, -0.05) is 0 Å². The first-order valence-electron chi connectivity index (χ1n) is 9.55. The van der Waals surface area contributed by atoms with Gasteiger partial charge in [-0.3, -0.25) is 4.79 Å². The second-order valence-electron chi connectivity index (χ2n) is 7.05. The molecule has 0 spiro atoms. The first-order chi connectivity index (χ1) is 14.0. The molecule has 0 radical (unpaired) electrons. The molecule has 0 saturated carbocycles. The fraction of sp³-hybridized carbons (Fsp3) is 0.333. The molecule has 3 heterocycles. The number of nitrogens with one attached hydrogen (secondary N) is 1. The average Bonchev–Trinajstić information content (AvgIpc) is 3.11. The zero-order chi connectivity index (χ0) is 20.4. The highest BCUT2D eigenvalue weighted by atomic mass is 19.1. The van der Waals surface area contributed by atoms with E-state index in [0.29, 0.717) is 30.2 Å². The lowest BCUT2D eigenvalue weighted by atomic mass is 10.1. The summed E-state index contributed by atoms with van der Waals surface area (Å²) in [5.74, 6) is 0.581. The van der Waals surface area contributed by atoms with Crippen LogP contribution in [0, 0.1) is 12.7 Å². The van der Waals surface area contributed by atoms with E-state index in [-0.39, 0.29) is 23.5 Å². The van der Waals surface area contributed by atoms with Gasteiger partial charge in [0.1, 0.15) is 11.5 Å². The van der Waals surface area contributed by atoms with Crippen LogP contribution in [0.2, 0.25) is 0 Å². The number of nitrogens with zero attached hydrogens (tertiary/aromatic N) is 4. The van der Waals surface area contributed by atoms with Gasteiger partial charge in [-0.05, 0) is 51.0 Å². The summed E-state index contributed by atoms with van der Waals surface area (Å²) in [6.45, 7) is 4.78. The van der Waals surface area contributed by atoms with E-state index in [9.17, 15) is 9.18 Å². The zero-order valence-corrected chi connectivity index (χ0v) is 16.4. The van der Waals surface area contributed by atoms with E-state index in [2.05, 4.69) is 20.3 Å². The van der Waals surface area contributed by atoms with Crippen molar-refractivity contribution in [2.75, 3.05) is 18.5 Å². The highest BCUT2D eigenvalue weighted by molar-refractivity contribution is 5.94. The molecule has 4 rings (SSSR count). The van der Waals surface area contributed by atoms with Gasteiger partial charge in [0.25, 0.3) is 0 Å². The summed E-state index contributed by atoms with van der Waals surface area (Å²) >= 11 is 0. The number of aryl methyl sites for hydroxylation is 1. The highest BCUT2D eigenvalue weighted by Gasteiger charge is 2.23. The molecule has 3 aromatic rings. The molecule has 1 aliphatic rings. The molecule has 0 aliphatic carbocycles. The third kappa shape index (κ3) is 4.02. The maximum atomic E-state index is 14.6. The van der Waals surface area contributed by atoms with Gasteiger partial charge in [-0.25, -0.2) is 19.3 Å². The number of aromatic nitrogens is 4. The number of benzene rings is 1. The fourth-order valence-electron chi connectivity index (χ4n) is 3.56. The molecule has 0 unspecified atom stereocenters. The van der Waals surface area contributed by atoms with Gasteiger partial charge >= 0.3 is 0 Å². The second-order valence-corrected chi connectivity index (χ2v) is 7.05. The second kappa shape index (κ2) is 8.08. The average molecular weight is 395 g/mol. The summed E-state index contributed by atoms with van der Waals surface area (Å²) in [5, 5.41) is 3.06. The summed E-state index contributed by atoms with van der Waals surface area (Å²) in [6.07, 6.45) is 4.52. The Morgan fingerprint density at radius 2 is 1.90 bits per heavy atom. The molecule has 1 N–H and O–H groups in total. The van der Waals surface area contributed by atoms with Crippen molar-refractivity contribution in [1.82, 2.24) is 19.5 Å². The predicted molar refractivity (Wildman–Crippen MR) is 107 cm³/mol. The summed E-state index contributed by atoms with van der Waals surface area (Å²) in [5.41, 5.74) is 2.16. The molecule has 1 aliphatic heterocycles. The van der Waals surface area contributed by atoms with Gasteiger partial charge in [0.05, 0.1) is 18.1 Å². The van der Waals surface area contributed by atoms with Crippen molar-refractivity contribution >= 4 is 17.4 Å². The third-order valence-corrected chi connectivity index (χ3v) is 5.07. The highest BCUT2D eigenvalue weighted by Crippen LogP contribution is 2.31. The Kier molecular flexibility index (Phi) is 5.35. The molecule has 1 fully saturated rings. The molecular formula is C21H22FN5O2. The summed E-state index contributed by atoms with van der Waals surface area (Å²) in [4.78, 5) is 24.3. The molecule has 0 bridgehead atoms. The number of halogens is 1. The Morgan fingerprint density at radius 1 is 1.17 bits per heavy atom. The van der Waals surface area contributed by atoms with Crippen LogP contribution in [0.3, 0.4) is 0 Å². The van der Waals surface area contributed by atoms with Crippen molar-refractivity contribution < 1.29 is 13.9 Å². The maximum Gasteiger partial charge on any atom is 0.227 e. The number of carbonyl (C=O) groups excluding carboxylic acids is 1. The lowest BCUT2D eigenvalue weighted by Crippen LogP contribution is -2.21. The SMILES string of the molecule is CC(=O)c1ccc(Nc2ncc(F)c(-c3cnc(C)n3C3CCOCC3)n2)cc1. The molecular weight excluding hydrogens is 373 g/mol. The largest absolute Gasteiger partial charge is 0.381 e. The molecule has 29 heavy (non-hydrogen) atoms. The topological polar surface area (TPSA) is 81.9 Å². The normalized spacial score (nSPS) is 14.7. The monoisotopic (exact) mass is 395 g/mol. The number of ether oxygens (including phenoxy) is 1. The van der Waals surface area contributed by atoms with E-state index < -0.39 is 5.82 Å². The Bertz CT molecular complexity index is 1030. The van der Waals surface area contributed by atoms with Gasteiger partial charge in [0.15, 0.2) is 11.6 Å².